The van der Waals surface area contributed by atoms with Crippen LogP contribution in [-0.2, 0) is 14.3 Å². The number of carbonyl (C=O) groups excluding carboxylic acids is 1. The van der Waals surface area contributed by atoms with Crippen molar-refractivity contribution >= 4 is 12.5 Å². The molecule has 1 atom stereocenters. The van der Waals surface area contributed by atoms with Gasteiger partial charge in [-0.15, -0.1) is 0 Å². The third-order valence-electron chi connectivity index (χ3n) is 1.91. The Morgan fingerprint density at radius 1 is 1.44 bits per heavy atom. The molecule has 0 aromatic heterocycles. The number of ether oxygens (including phenoxy) is 2. The van der Waals surface area contributed by atoms with E-state index in [4.69, 9.17) is 9.47 Å². The highest BCUT2D eigenvalue weighted by Crippen LogP contribution is 2.01. The van der Waals surface area contributed by atoms with E-state index in [0.29, 0.717) is 25.5 Å². The third-order valence-corrected chi connectivity index (χ3v) is 1.91. The van der Waals surface area contributed by atoms with Crippen LogP contribution in [0.2, 0.25) is 0 Å². The highest BCUT2D eigenvalue weighted by atomic mass is 16.5. The summed E-state index contributed by atoms with van der Waals surface area (Å²) in [6.07, 6.45) is 7.89. The summed E-state index contributed by atoms with van der Waals surface area (Å²) in [6, 6.07) is 0. The molecule has 0 aromatic rings. The van der Waals surface area contributed by atoms with Crippen molar-refractivity contribution in [2.75, 3.05) is 33.9 Å². The predicted octanol–water partition coefficient (Wildman–Crippen LogP) is 1.17. The minimum atomic E-state index is -0.193. The molecule has 0 radical (unpaired) electrons. The van der Waals surface area contributed by atoms with Gasteiger partial charge in [-0.3, -0.25) is 4.99 Å². The van der Waals surface area contributed by atoms with Crippen molar-refractivity contribution < 1.29 is 14.3 Å². The van der Waals surface area contributed by atoms with E-state index in [1.807, 2.05) is 13.1 Å². The van der Waals surface area contributed by atoms with Gasteiger partial charge in [-0.05, 0) is 18.4 Å². The Balaban J connectivity index is 4.31. The Morgan fingerprint density at radius 2 is 2.22 bits per heavy atom. The first-order valence-corrected chi connectivity index (χ1v) is 5.85. The average molecular weight is 254 g/mol. The van der Waals surface area contributed by atoms with Crippen LogP contribution in [0.3, 0.4) is 0 Å². The lowest BCUT2D eigenvalue weighted by molar-refractivity contribution is -0.109. The molecule has 1 N–H and O–H groups in total. The average Bonchev–Trinajstić information content (AvgIpc) is 2.38. The molecule has 18 heavy (non-hydrogen) atoms. The SMILES string of the molecule is CN/C=C\C/N=C\C(=C/C(C)C=O)OCCOC. The van der Waals surface area contributed by atoms with E-state index in [1.165, 1.54) is 0 Å². The summed E-state index contributed by atoms with van der Waals surface area (Å²) in [5, 5.41) is 2.88. The fraction of sp³-hybridized carbons (Fsp3) is 0.538. The molecule has 0 amide bonds. The molecule has 0 aromatic carbocycles. The third kappa shape index (κ3) is 9.59. The smallest absolute Gasteiger partial charge is 0.133 e. The maximum atomic E-state index is 10.6. The second-order valence-corrected chi connectivity index (χ2v) is 3.59. The van der Waals surface area contributed by atoms with Gasteiger partial charge in [0.25, 0.3) is 0 Å². The molecular weight excluding hydrogens is 232 g/mol. The predicted molar refractivity (Wildman–Crippen MR) is 72.7 cm³/mol. The molecule has 0 spiro atoms. The van der Waals surface area contributed by atoms with Gasteiger partial charge >= 0.3 is 0 Å². The summed E-state index contributed by atoms with van der Waals surface area (Å²) < 4.78 is 10.3. The van der Waals surface area contributed by atoms with Crippen LogP contribution in [0.5, 0.6) is 0 Å². The minimum Gasteiger partial charge on any atom is -0.490 e. The first kappa shape index (κ1) is 16.4. The van der Waals surface area contributed by atoms with E-state index in [0.717, 1.165) is 6.29 Å². The minimum absolute atomic E-state index is 0.193. The molecule has 5 heteroatoms. The highest BCUT2D eigenvalue weighted by molar-refractivity contribution is 5.77. The van der Waals surface area contributed by atoms with E-state index in [1.54, 1.807) is 32.5 Å². The standard InChI is InChI=1S/C13H22N2O3/c1-12(11-16)9-13(18-8-7-17-3)10-15-6-4-5-14-2/h4-5,9-12,14H,6-8H2,1-3H3/b5-4-,13-9+,15-10-. The van der Waals surface area contributed by atoms with Gasteiger partial charge < -0.3 is 19.6 Å². The monoisotopic (exact) mass is 254 g/mol. The Labute approximate surface area is 109 Å². The zero-order chi connectivity index (χ0) is 13.6. The van der Waals surface area contributed by atoms with Crippen LogP contribution >= 0.6 is 0 Å². The Bertz CT molecular complexity index is 299. The number of nitrogens with one attached hydrogen (secondary N) is 1. The first-order valence-electron chi connectivity index (χ1n) is 5.85. The molecule has 0 heterocycles. The largest absolute Gasteiger partial charge is 0.490 e. The maximum absolute atomic E-state index is 10.6. The fourth-order valence-electron chi connectivity index (χ4n) is 1.04. The molecule has 0 aliphatic carbocycles. The molecule has 0 fully saturated rings. The number of allylic oxidation sites excluding steroid dienone is 2. The Hall–Kier alpha value is -1.62. The lowest BCUT2D eigenvalue weighted by Crippen LogP contribution is -2.05. The first-order chi connectivity index (χ1) is 8.74. The number of hydrogen-bond acceptors (Lipinski definition) is 5. The van der Waals surface area contributed by atoms with Gasteiger partial charge in [0.2, 0.25) is 0 Å². The zero-order valence-corrected chi connectivity index (χ0v) is 11.3. The summed E-state index contributed by atoms with van der Waals surface area (Å²) in [6.45, 7) is 3.29. The number of hydrogen-bond donors (Lipinski definition) is 1. The lowest BCUT2D eigenvalue weighted by Gasteiger charge is -2.06. The van der Waals surface area contributed by atoms with Crippen LogP contribution in [0.4, 0.5) is 0 Å². The number of aliphatic imine (C=N–C) groups is 1. The molecule has 0 aliphatic heterocycles. The molecule has 0 aliphatic rings. The number of carbonyl (C=O) groups is 1. The maximum Gasteiger partial charge on any atom is 0.133 e. The van der Waals surface area contributed by atoms with Crippen molar-refractivity contribution in [2.45, 2.75) is 6.92 Å². The van der Waals surface area contributed by atoms with Gasteiger partial charge in [-0.2, -0.15) is 0 Å². The quantitative estimate of drug-likeness (QED) is 0.275. The van der Waals surface area contributed by atoms with Crippen molar-refractivity contribution in [3.05, 3.63) is 24.1 Å². The zero-order valence-electron chi connectivity index (χ0n) is 11.3. The van der Waals surface area contributed by atoms with Gasteiger partial charge in [0.15, 0.2) is 0 Å². The molecule has 0 saturated heterocycles. The molecule has 1 unspecified atom stereocenters. The fourth-order valence-corrected chi connectivity index (χ4v) is 1.04. The summed E-state index contributed by atoms with van der Waals surface area (Å²) in [4.78, 5) is 14.8. The van der Waals surface area contributed by atoms with E-state index in [2.05, 4.69) is 10.3 Å². The highest BCUT2D eigenvalue weighted by Gasteiger charge is 1.99. The molecule has 0 bridgehead atoms. The van der Waals surface area contributed by atoms with E-state index in [-0.39, 0.29) is 5.92 Å². The Morgan fingerprint density at radius 3 is 2.83 bits per heavy atom. The summed E-state index contributed by atoms with van der Waals surface area (Å²) in [7, 11) is 3.43. The van der Waals surface area contributed by atoms with Crippen molar-refractivity contribution in [1.29, 1.82) is 0 Å². The lowest BCUT2D eigenvalue weighted by atomic mass is 10.2. The molecule has 0 saturated carbocycles. The van der Waals surface area contributed by atoms with Crippen molar-refractivity contribution in [3.8, 4) is 0 Å². The van der Waals surface area contributed by atoms with Gasteiger partial charge in [0.05, 0.1) is 19.4 Å². The molecule has 102 valence electrons. The van der Waals surface area contributed by atoms with Gasteiger partial charge in [0.1, 0.15) is 18.7 Å². The second kappa shape index (κ2) is 11.9. The van der Waals surface area contributed by atoms with E-state index < -0.39 is 0 Å². The molecular formula is C13H22N2O3. The number of nitrogens with zero attached hydrogens (tertiary/aromatic N) is 1. The van der Waals surface area contributed by atoms with Gasteiger partial charge in [-0.25, -0.2) is 0 Å². The summed E-state index contributed by atoms with van der Waals surface area (Å²) in [5.41, 5.74) is 0. The van der Waals surface area contributed by atoms with Crippen molar-refractivity contribution in [3.63, 3.8) is 0 Å². The molecule has 5 nitrogen and oxygen atoms in total. The normalized spacial score (nSPS) is 14.1. The van der Waals surface area contributed by atoms with Gasteiger partial charge in [-0.1, -0.05) is 6.92 Å². The van der Waals surface area contributed by atoms with Crippen molar-refractivity contribution in [1.82, 2.24) is 5.32 Å². The van der Waals surface area contributed by atoms with Crippen LogP contribution in [0, 0.1) is 5.92 Å². The summed E-state index contributed by atoms with van der Waals surface area (Å²) >= 11 is 0. The second-order valence-electron chi connectivity index (χ2n) is 3.59. The van der Waals surface area contributed by atoms with Crippen molar-refractivity contribution in [2.24, 2.45) is 10.9 Å². The Kier molecular flexibility index (Phi) is 10.8. The number of methoxy groups -OCH3 is 1. The van der Waals surface area contributed by atoms with Gasteiger partial charge in [0, 0.05) is 20.1 Å². The summed E-state index contributed by atoms with van der Waals surface area (Å²) in [5.74, 6) is 0.395. The van der Waals surface area contributed by atoms with Crippen LogP contribution in [0.1, 0.15) is 6.92 Å². The van der Waals surface area contributed by atoms with E-state index in [9.17, 15) is 4.79 Å². The van der Waals surface area contributed by atoms with E-state index >= 15 is 0 Å². The van der Waals surface area contributed by atoms with Crippen LogP contribution in [0.25, 0.3) is 0 Å². The number of aldehydes is 1. The number of rotatable bonds is 10. The van der Waals surface area contributed by atoms with Crippen LogP contribution in [0.15, 0.2) is 29.1 Å². The topological polar surface area (TPSA) is 59.9 Å². The van der Waals surface area contributed by atoms with Crippen LogP contribution in [-0.4, -0.2) is 46.4 Å². The van der Waals surface area contributed by atoms with Crippen LogP contribution < -0.4 is 5.32 Å². The molecule has 0 rings (SSSR count).